The van der Waals surface area contributed by atoms with Crippen molar-refractivity contribution in [3.63, 3.8) is 0 Å². The van der Waals surface area contributed by atoms with E-state index in [1.807, 2.05) is 4.90 Å². The molecule has 1 heterocycles. The largest absolute Gasteiger partial charge is 0.489 e. The number of halogens is 1. The second kappa shape index (κ2) is 5.06. The van der Waals surface area contributed by atoms with Crippen LogP contribution in [0.1, 0.15) is 24.0 Å². The normalized spacial score (nSPS) is 22.1. The van der Waals surface area contributed by atoms with Crippen molar-refractivity contribution in [3.05, 3.63) is 29.3 Å². The van der Waals surface area contributed by atoms with Gasteiger partial charge in [0.1, 0.15) is 11.9 Å². The van der Waals surface area contributed by atoms with Gasteiger partial charge in [0.25, 0.3) is 0 Å². The zero-order chi connectivity index (χ0) is 12.5. The number of ether oxygens (including phenoxy) is 1. The molecule has 0 N–H and O–H groups in total. The third-order valence-electron chi connectivity index (χ3n) is 3.77. The molecule has 0 bridgehead atoms. The van der Waals surface area contributed by atoms with Crippen molar-refractivity contribution in [1.82, 2.24) is 4.90 Å². The molecule has 96 valence electrons. The Morgan fingerprint density at radius 1 is 1.33 bits per heavy atom. The van der Waals surface area contributed by atoms with E-state index in [0.29, 0.717) is 4.45 Å². The Kier molecular flexibility index (Phi) is 3.44. The van der Waals surface area contributed by atoms with Crippen LogP contribution in [0.5, 0.6) is 5.75 Å². The van der Waals surface area contributed by atoms with Gasteiger partial charge in [-0.1, -0.05) is 17.7 Å². The molecule has 0 saturated carbocycles. The van der Waals surface area contributed by atoms with Crippen LogP contribution in [0.25, 0.3) is 0 Å². The van der Waals surface area contributed by atoms with E-state index in [4.69, 9.17) is 28.6 Å². The van der Waals surface area contributed by atoms with Gasteiger partial charge >= 0.3 is 0 Å². The van der Waals surface area contributed by atoms with Crippen LogP contribution in [0.4, 0.5) is 0 Å². The van der Waals surface area contributed by atoms with Crippen molar-refractivity contribution >= 4 is 28.3 Å². The van der Waals surface area contributed by atoms with Gasteiger partial charge in [0.15, 0.2) is 4.45 Å². The summed E-state index contributed by atoms with van der Waals surface area (Å²) in [4.78, 5) is 1.99. The molecular formula is C14H16ClNOS. The second-order valence-corrected chi connectivity index (χ2v) is 5.98. The van der Waals surface area contributed by atoms with Crippen molar-refractivity contribution < 1.29 is 4.74 Å². The molecule has 3 rings (SSSR count). The van der Waals surface area contributed by atoms with E-state index in [-0.39, 0.29) is 6.10 Å². The predicted molar refractivity (Wildman–Crippen MR) is 77.5 cm³/mol. The van der Waals surface area contributed by atoms with Crippen LogP contribution in [0.15, 0.2) is 18.2 Å². The summed E-state index contributed by atoms with van der Waals surface area (Å²) >= 11 is 10.8. The highest BCUT2D eigenvalue weighted by Crippen LogP contribution is 2.27. The summed E-state index contributed by atoms with van der Waals surface area (Å²) < 4.78 is 6.47. The summed E-state index contributed by atoms with van der Waals surface area (Å²) in [5.41, 5.74) is 2.94. The summed E-state index contributed by atoms with van der Waals surface area (Å²) in [6.45, 7) is 1.71. The Morgan fingerprint density at radius 3 is 2.94 bits per heavy atom. The number of likely N-dealkylation sites (tertiary alicyclic amines) is 1. The molecule has 1 aromatic rings. The molecular weight excluding hydrogens is 266 g/mol. The first-order valence-electron chi connectivity index (χ1n) is 6.45. The molecule has 4 heteroatoms. The molecule has 1 aromatic carbocycles. The van der Waals surface area contributed by atoms with Crippen LogP contribution in [0, 0.1) is 0 Å². The molecule has 0 aromatic heterocycles. The summed E-state index contributed by atoms with van der Waals surface area (Å²) in [5, 5.41) is 0. The monoisotopic (exact) mass is 281 g/mol. The highest BCUT2D eigenvalue weighted by atomic mass is 35.5. The molecule has 0 radical (unpaired) electrons. The fourth-order valence-electron chi connectivity index (χ4n) is 2.80. The molecule has 1 aliphatic carbocycles. The first-order chi connectivity index (χ1) is 8.72. The number of rotatable bonds is 2. The Labute approximate surface area is 118 Å². The second-order valence-electron chi connectivity index (χ2n) is 5.01. The van der Waals surface area contributed by atoms with Crippen LogP contribution < -0.4 is 4.74 Å². The SMILES string of the molecule is S=C(Cl)N1CCC(Oc2ccc3c(c2)CCC3)C1. The summed E-state index contributed by atoms with van der Waals surface area (Å²) in [6.07, 6.45) is 4.88. The molecule has 1 fully saturated rings. The van der Waals surface area contributed by atoms with E-state index in [1.54, 1.807) is 0 Å². The van der Waals surface area contributed by atoms with Crippen molar-refractivity contribution in [2.24, 2.45) is 0 Å². The molecule has 0 amide bonds. The number of hydrogen-bond donors (Lipinski definition) is 0. The van der Waals surface area contributed by atoms with Crippen LogP contribution in [0.3, 0.4) is 0 Å². The van der Waals surface area contributed by atoms with Crippen molar-refractivity contribution in [2.75, 3.05) is 13.1 Å². The lowest BCUT2D eigenvalue weighted by Gasteiger charge is -2.16. The summed E-state index contributed by atoms with van der Waals surface area (Å²) in [5.74, 6) is 0.989. The number of fused-ring (bicyclic) bond motifs is 1. The minimum atomic E-state index is 0.209. The van der Waals surface area contributed by atoms with Crippen LogP contribution >= 0.6 is 23.8 Å². The lowest BCUT2D eigenvalue weighted by Crippen LogP contribution is -2.26. The molecule has 2 nitrogen and oxygen atoms in total. The Bertz CT molecular complexity index is 477. The molecule has 1 unspecified atom stereocenters. The van der Waals surface area contributed by atoms with E-state index in [2.05, 4.69) is 18.2 Å². The zero-order valence-electron chi connectivity index (χ0n) is 10.2. The van der Waals surface area contributed by atoms with Gasteiger partial charge in [-0.15, -0.1) is 0 Å². The third-order valence-corrected chi connectivity index (χ3v) is 4.26. The topological polar surface area (TPSA) is 12.5 Å². The van der Waals surface area contributed by atoms with Gasteiger partial charge in [-0.05, 0) is 54.7 Å². The number of hydrogen-bond acceptors (Lipinski definition) is 2. The lowest BCUT2D eigenvalue weighted by molar-refractivity contribution is 0.215. The average Bonchev–Trinajstić information content (AvgIpc) is 2.96. The Morgan fingerprint density at radius 2 is 2.17 bits per heavy atom. The number of nitrogens with zero attached hydrogens (tertiary/aromatic N) is 1. The number of aryl methyl sites for hydroxylation is 2. The standard InChI is InChI=1S/C14H16ClNOS/c15-14(18)16-7-6-13(9-16)17-12-5-4-10-2-1-3-11(10)8-12/h4-5,8,13H,1-3,6-7,9H2. The minimum Gasteiger partial charge on any atom is -0.489 e. The third kappa shape index (κ3) is 2.47. The highest BCUT2D eigenvalue weighted by Gasteiger charge is 2.25. The fourth-order valence-corrected chi connectivity index (χ4v) is 3.12. The van der Waals surface area contributed by atoms with E-state index in [0.717, 1.165) is 25.3 Å². The van der Waals surface area contributed by atoms with E-state index in [1.165, 1.54) is 30.4 Å². The maximum Gasteiger partial charge on any atom is 0.170 e. The lowest BCUT2D eigenvalue weighted by atomic mass is 10.1. The van der Waals surface area contributed by atoms with Crippen LogP contribution in [-0.2, 0) is 12.8 Å². The molecule has 0 spiro atoms. The van der Waals surface area contributed by atoms with Gasteiger partial charge in [-0.2, -0.15) is 0 Å². The van der Waals surface area contributed by atoms with Crippen molar-refractivity contribution in [2.45, 2.75) is 31.8 Å². The number of thiocarbonyl (C=S) groups is 1. The van der Waals surface area contributed by atoms with Gasteiger partial charge in [0, 0.05) is 13.0 Å². The van der Waals surface area contributed by atoms with Gasteiger partial charge < -0.3 is 9.64 Å². The van der Waals surface area contributed by atoms with Gasteiger partial charge in [-0.3, -0.25) is 0 Å². The summed E-state index contributed by atoms with van der Waals surface area (Å²) in [6, 6.07) is 6.49. The van der Waals surface area contributed by atoms with E-state index >= 15 is 0 Å². The fraction of sp³-hybridized carbons (Fsp3) is 0.500. The maximum absolute atomic E-state index is 6.02. The van der Waals surface area contributed by atoms with Crippen LogP contribution in [-0.4, -0.2) is 28.5 Å². The number of benzene rings is 1. The first-order valence-corrected chi connectivity index (χ1v) is 7.24. The highest BCUT2D eigenvalue weighted by molar-refractivity contribution is 7.83. The Balaban J connectivity index is 1.65. The predicted octanol–water partition coefficient (Wildman–Crippen LogP) is 3.15. The molecule has 1 saturated heterocycles. The van der Waals surface area contributed by atoms with Gasteiger partial charge in [-0.25, -0.2) is 0 Å². The van der Waals surface area contributed by atoms with E-state index < -0.39 is 0 Å². The smallest absolute Gasteiger partial charge is 0.170 e. The van der Waals surface area contributed by atoms with E-state index in [9.17, 15) is 0 Å². The zero-order valence-corrected chi connectivity index (χ0v) is 11.8. The van der Waals surface area contributed by atoms with Crippen LogP contribution in [0.2, 0.25) is 0 Å². The minimum absolute atomic E-state index is 0.209. The van der Waals surface area contributed by atoms with Gasteiger partial charge in [0.2, 0.25) is 0 Å². The van der Waals surface area contributed by atoms with Crippen molar-refractivity contribution in [3.8, 4) is 5.75 Å². The summed E-state index contributed by atoms with van der Waals surface area (Å²) in [7, 11) is 0. The quantitative estimate of drug-likeness (QED) is 0.469. The average molecular weight is 282 g/mol. The molecule has 18 heavy (non-hydrogen) atoms. The molecule has 1 aliphatic heterocycles. The first kappa shape index (κ1) is 12.2. The molecule has 1 atom stereocenters. The maximum atomic E-state index is 6.02. The Hall–Kier alpha value is -0.800. The van der Waals surface area contributed by atoms with Gasteiger partial charge in [0.05, 0.1) is 6.54 Å². The van der Waals surface area contributed by atoms with Crippen molar-refractivity contribution in [1.29, 1.82) is 0 Å². The molecule has 2 aliphatic rings.